The molecule has 0 fully saturated rings. The number of nitrogens with one attached hydrogen (secondary N) is 1. The van der Waals surface area contributed by atoms with Crippen molar-refractivity contribution in [1.82, 2.24) is 0 Å². The summed E-state index contributed by atoms with van der Waals surface area (Å²) in [6.45, 7) is 1.82. The molecule has 0 saturated heterocycles. The van der Waals surface area contributed by atoms with Crippen molar-refractivity contribution in [3.8, 4) is 0 Å². The van der Waals surface area contributed by atoms with Gasteiger partial charge in [-0.3, -0.25) is 10.6 Å². The first-order chi connectivity index (χ1) is 8.99. The van der Waals surface area contributed by atoms with Crippen molar-refractivity contribution in [3.63, 3.8) is 0 Å². The summed E-state index contributed by atoms with van der Waals surface area (Å²) in [4.78, 5) is 11.2. The largest absolute Gasteiger partial charge is 0.466 e. The molecule has 0 bridgehead atoms. The summed E-state index contributed by atoms with van der Waals surface area (Å²) in [5.74, 6) is 3.78. The monoisotopic (exact) mass is 272 g/mol. The molecule has 106 valence electrons. The normalized spacial score (nSPS) is 13.7. The number of hydrazine groups is 1. The number of hydrogen-bond donors (Lipinski definition) is 4. The maximum absolute atomic E-state index is 13.4. The van der Waals surface area contributed by atoms with Gasteiger partial charge in [-0.05, 0) is 24.6 Å². The number of rotatable bonds is 6. The Morgan fingerprint density at radius 2 is 2.21 bits per heavy atom. The van der Waals surface area contributed by atoms with Crippen LogP contribution in [0, 0.1) is 5.82 Å². The van der Waals surface area contributed by atoms with Gasteiger partial charge in [-0.25, -0.2) is 4.39 Å². The summed E-state index contributed by atoms with van der Waals surface area (Å²) < 4.78 is 18.1. The summed E-state index contributed by atoms with van der Waals surface area (Å²) in [6.07, 6.45) is -3.12. The van der Waals surface area contributed by atoms with E-state index in [1.807, 2.05) is 0 Å². The van der Waals surface area contributed by atoms with Crippen LogP contribution in [0.5, 0.6) is 0 Å². The first-order valence-corrected chi connectivity index (χ1v) is 5.77. The van der Waals surface area contributed by atoms with Gasteiger partial charge in [-0.2, -0.15) is 0 Å². The molecular weight excluding hydrogens is 255 g/mol. The van der Waals surface area contributed by atoms with Crippen LogP contribution in [0.15, 0.2) is 18.2 Å². The fraction of sp³-hybridized carbons (Fsp3) is 0.417. The van der Waals surface area contributed by atoms with Gasteiger partial charge in [0, 0.05) is 0 Å². The number of carbonyl (C=O) groups is 1. The molecule has 1 aromatic rings. The summed E-state index contributed by atoms with van der Waals surface area (Å²) in [6, 6.07) is 3.76. The number of benzene rings is 1. The van der Waals surface area contributed by atoms with Gasteiger partial charge >= 0.3 is 5.97 Å². The molecule has 1 aromatic carbocycles. The zero-order valence-corrected chi connectivity index (χ0v) is 10.5. The number of halogens is 1. The lowest BCUT2D eigenvalue weighted by atomic mass is 10.0. The van der Waals surface area contributed by atoms with Crippen LogP contribution >= 0.6 is 0 Å². The molecule has 5 N–H and O–H groups in total. The second-order valence-electron chi connectivity index (χ2n) is 3.90. The number of nitrogen functional groups attached to an aromatic ring is 1. The van der Waals surface area contributed by atoms with E-state index in [0.717, 1.165) is 6.07 Å². The Labute approximate surface area is 110 Å². The van der Waals surface area contributed by atoms with Crippen molar-refractivity contribution in [1.29, 1.82) is 0 Å². The summed E-state index contributed by atoms with van der Waals surface area (Å²) >= 11 is 0. The molecule has 0 radical (unpaired) electrons. The van der Waals surface area contributed by atoms with E-state index in [0.29, 0.717) is 0 Å². The van der Waals surface area contributed by atoms with Crippen LogP contribution in [-0.2, 0) is 9.53 Å². The van der Waals surface area contributed by atoms with Crippen LogP contribution in [0.3, 0.4) is 0 Å². The second kappa shape index (κ2) is 7.03. The molecule has 0 aliphatic carbocycles. The van der Waals surface area contributed by atoms with E-state index in [1.54, 1.807) is 6.92 Å². The third-order valence-electron chi connectivity index (χ3n) is 2.54. The molecule has 0 aliphatic rings. The van der Waals surface area contributed by atoms with Crippen LogP contribution < -0.4 is 11.3 Å². The molecule has 7 heteroatoms. The Kier molecular flexibility index (Phi) is 5.68. The molecule has 0 heterocycles. The van der Waals surface area contributed by atoms with E-state index >= 15 is 0 Å². The average molecular weight is 272 g/mol. The third-order valence-corrected chi connectivity index (χ3v) is 2.54. The highest BCUT2D eigenvalue weighted by atomic mass is 19.1. The summed E-state index contributed by atoms with van der Waals surface area (Å²) in [5.41, 5.74) is 2.36. The van der Waals surface area contributed by atoms with Gasteiger partial charge in [0.2, 0.25) is 0 Å². The van der Waals surface area contributed by atoms with Crippen LogP contribution in [0.1, 0.15) is 25.0 Å². The Hall–Kier alpha value is -1.70. The molecule has 19 heavy (non-hydrogen) atoms. The fourth-order valence-electron chi connectivity index (χ4n) is 1.56. The van der Waals surface area contributed by atoms with Crippen LogP contribution in [0.25, 0.3) is 0 Å². The minimum absolute atomic E-state index is 0.0656. The maximum Gasteiger partial charge on any atom is 0.308 e. The molecule has 2 atom stereocenters. The standard InChI is InChI=1S/C12H17FN2O4/c1-2-19-11(17)6-10(16)12(18)7-3-4-9(15-14)8(13)5-7/h3-5,10,12,15-16,18H,2,6,14H2,1H3. The topological polar surface area (TPSA) is 105 Å². The highest BCUT2D eigenvalue weighted by molar-refractivity contribution is 5.70. The van der Waals surface area contributed by atoms with Gasteiger partial charge in [0.05, 0.1) is 24.8 Å². The summed E-state index contributed by atoms with van der Waals surface area (Å²) in [7, 11) is 0. The minimum Gasteiger partial charge on any atom is -0.466 e. The van der Waals surface area contributed by atoms with Crippen molar-refractivity contribution in [3.05, 3.63) is 29.6 Å². The molecule has 1 rings (SSSR count). The number of nitrogens with two attached hydrogens (primary N) is 1. The average Bonchev–Trinajstić information content (AvgIpc) is 2.37. The number of esters is 1. The molecule has 0 aliphatic heterocycles. The molecule has 0 aromatic heterocycles. The van der Waals surface area contributed by atoms with E-state index in [2.05, 4.69) is 10.2 Å². The fourth-order valence-corrected chi connectivity index (χ4v) is 1.56. The van der Waals surface area contributed by atoms with E-state index < -0.39 is 24.0 Å². The highest BCUT2D eigenvalue weighted by Gasteiger charge is 2.22. The predicted molar refractivity (Wildman–Crippen MR) is 66.4 cm³/mol. The van der Waals surface area contributed by atoms with E-state index in [9.17, 15) is 19.4 Å². The number of hydrogen-bond acceptors (Lipinski definition) is 6. The Bertz CT molecular complexity index is 442. The van der Waals surface area contributed by atoms with Crippen molar-refractivity contribution < 1.29 is 24.1 Å². The smallest absolute Gasteiger partial charge is 0.308 e. The van der Waals surface area contributed by atoms with Crippen molar-refractivity contribution in [2.24, 2.45) is 5.84 Å². The first kappa shape index (κ1) is 15.4. The molecular formula is C12H17FN2O4. The van der Waals surface area contributed by atoms with Gasteiger partial charge in [0.1, 0.15) is 11.9 Å². The molecule has 6 nitrogen and oxygen atoms in total. The van der Waals surface area contributed by atoms with Crippen LogP contribution in [0.4, 0.5) is 10.1 Å². The Morgan fingerprint density at radius 3 is 2.74 bits per heavy atom. The second-order valence-corrected chi connectivity index (χ2v) is 3.90. The quantitative estimate of drug-likeness (QED) is 0.341. The number of ether oxygens (including phenoxy) is 1. The van der Waals surface area contributed by atoms with Crippen molar-refractivity contribution in [2.45, 2.75) is 25.6 Å². The van der Waals surface area contributed by atoms with Gasteiger partial charge in [-0.1, -0.05) is 6.07 Å². The number of aliphatic hydroxyl groups is 2. The molecule has 0 amide bonds. The Balaban J connectivity index is 2.73. The predicted octanol–water partition coefficient (Wildman–Crippen LogP) is 0.459. The number of anilines is 1. The number of carbonyl (C=O) groups excluding carboxylic acids is 1. The van der Waals surface area contributed by atoms with Gasteiger partial charge in [0.25, 0.3) is 0 Å². The maximum atomic E-state index is 13.4. The van der Waals surface area contributed by atoms with Gasteiger partial charge in [0.15, 0.2) is 0 Å². The van der Waals surface area contributed by atoms with Crippen LogP contribution in [-0.4, -0.2) is 28.9 Å². The van der Waals surface area contributed by atoms with E-state index in [4.69, 9.17) is 5.84 Å². The molecule has 2 unspecified atom stereocenters. The van der Waals surface area contributed by atoms with Gasteiger partial charge in [-0.15, -0.1) is 0 Å². The van der Waals surface area contributed by atoms with Crippen molar-refractivity contribution >= 4 is 11.7 Å². The SMILES string of the molecule is CCOC(=O)CC(O)C(O)c1ccc(NN)c(F)c1. The van der Waals surface area contributed by atoms with E-state index in [-0.39, 0.29) is 24.3 Å². The van der Waals surface area contributed by atoms with Crippen molar-refractivity contribution in [2.75, 3.05) is 12.0 Å². The zero-order chi connectivity index (χ0) is 14.4. The van der Waals surface area contributed by atoms with E-state index in [1.165, 1.54) is 12.1 Å². The van der Waals surface area contributed by atoms with Gasteiger partial charge < -0.3 is 20.4 Å². The molecule has 0 saturated carbocycles. The highest BCUT2D eigenvalue weighted by Crippen LogP contribution is 2.23. The third kappa shape index (κ3) is 4.16. The number of aliphatic hydroxyl groups excluding tert-OH is 2. The minimum atomic E-state index is -1.38. The first-order valence-electron chi connectivity index (χ1n) is 5.77. The van der Waals surface area contributed by atoms with Crippen LogP contribution in [0.2, 0.25) is 0 Å². The Morgan fingerprint density at radius 1 is 1.53 bits per heavy atom. The lowest BCUT2D eigenvalue weighted by Gasteiger charge is -2.18. The lowest BCUT2D eigenvalue weighted by Crippen LogP contribution is -2.23. The molecule has 0 spiro atoms. The summed E-state index contributed by atoms with van der Waals surface area (Å²) in [5, 5.41) is 19.5. The lowest BCUT2D eigenvalue weighted by molar-refractivity contribution is -0.147. The zero-order valence-electron chi connectivity index (χ0n) is 10.5.